The molecule has 1 fully saturated rings. The number of likely N-dealkylation sites (N-methyl/N-ethyl adjacent to an activating group) is 2. The molecule has 1 unspecified atom stereocenters. The van der Waals surface area contributed by atoms with Gasteiger partial charge in [0.25, 0.3) is 0 Å². The number of carbonyl (C=O) groups excluding carboxylic acids is 1. The van der Waals surface area contributed by atoms with Crippen molar-refractivity contribution in [2.45, 2.75) is 19.0 Å². The average molecular weight is 243 g/mol. The zero-order valence-corrected chi connectivity index (χ0v) is 10.8. The van der Waals surface area contributed by atoms with Gasteiger partial charge in [-0.1, -0.05) is 12.1 Å². The van der Waals surface area contributed by atoms with Crippen LogP contribution in [-0.4, -0.2) is 42.4 Å². The van der Waals surface area contributed by atoms with E-state index in [-0.39, 0.29) is 11.9 Å². The topological polar surface area (TPSA) is 47.3 Å². The molecule has 1 amide bonds. The molecular weight excluding hydrogens is 226 g/mol. The molecule has 4 nitrogen and oxygen atoms in total. The fraction of sp³-hybridized carbons (Fsp3) is 0.429. The largest absolute Gasteiger partial charge is 0.344 e. The number of amides is 1. The molecule has 0 N–H and O–H groups in total. The second-order valence-corrected chi connectivity index (χ2v) is 4.79. The maximum Gasteiger partial charge on any atom is 0.239 e. The summed E-state index contributed by atoms with van der Waals surface area (Å²) in [7, 11) is 3.80. The molecule has 0 aromatic heterocycles. The molecule has 0 radical (unpaired) electrons. The Labute approximate surface area is 107 Å². The first-order chi connectivity index (χ1) is 8.61. The normalized spacial score (nSPS) is 19.3. The first kappa shape index (κ1) is 12.6. The van der Waals surface area contributed by atoms with Crippen LogP contribution >= 0.6 is 0 Å². The molecule has 1 aliphatic rings. The number of hydrogen-bond donors (Lipinski definition) is 0. The third-order valence-corrected chi connectivity index (χ3v) is 3.42. The zero-order chi connectivity index (χ0) is 13.1. The summed E-state index contributed by atoms with van der Waals surface area (Å²) in [6.07, 6.45) is 0.879. The number of hydrogen-bond acceptors (Lipinski definition) is 3. The third-order valence-electron chi connectivity index (χ3n) is 3.42. The predicted octanol–water partition coefficient (Wildman–Crippen LogP) is 1.22. The summed E-state index contributed by atoms with van der Waals surface area (Å²) >= 11 is 0. The highest BCUT2D eigenvalue weighted by molar-refractivity contribution is 5.83. The minimum absolute atomic E-state index is 0.0271. The van der Waals surface area contributed by atoms with Crippen molar-refractivity contribution in [3.63, 3.8) is 0 Å². The van der Waals surface area contributed by atoms with Crippen LogP contribution in [0, 0.1) is 11.3 Å². The molecule has 4 heteroatoms. The maximum absolute atomic E-state index is 11.9. The SMILES string of the molecule is CN1CCC(N(C)Cc2cccc(C#N)c2)C1=O. The standard InChI is InChI=1S/C14H17N3O/c1-16-7-6-13(14(16)18)17(2)10-12-5-3-4-11(8-12)9-15/h3-5,8,13H,6-7,10H2,1-2H3. The molecule has 0 saturated carbocycles. The lowest BCUT2D eigenvalue weighted by Crippen LogP contribution is -2.38. The number of benzene rings is 1. The number of carbonyl (C=O) groups is 1. The van der Waals surface area contributed by atoms with E-state index in [4.69, 9.17) is 5.26 Å². The number of nitrogens with zero attached hydrogens (tertiary/aromatic N) is 3. The molecule has 2 rings (SSSR count). The van der Waals surface area contributed by atoms with E-state index in [2.05, 4.69) is 11.0 Å². The van der Waals surface area contributed by atoms with Crippen LogP contribution in [0.1, 0.15) is 17.5 Å². The molecule has 1 heterocycles. The van der Waals surface area contributed by atoms with E-state index in [0.717, 1.165) is 18.5 Å². The smallest absolute Gasteiger partial charge is 0.239 e. The van der Waals surface area contributed by atoms with Crippen molar-refractivity contribution in [3.8, 4) is 6.07 Å². The Balaban J connectivity index is 2.05. The molecule has 1 saturated heterocycles. The first-order valence-electron chi connectivity index (χ1n) is 6.06. The van der Waals surface area contributed by atoms with Crippen LogP contribution in [0.25, 0.3) is 0 Å². The van der Waals surface area contributed by atoms with Gasteiger partial charge in [-0.05, 0) is 31.2 Å². The highest BCUT2D eigenvalue weighted by Gasteiger charge is 2.31. The van der Waals surface area contributed by atoms with Gasteiger partial charge in [0.15, 0.2) is 0 Å². The lowest BCUT2D eigenvalue weighted by Gasteiger charge is -2.22. The third kappa shape index (κ3) is 2.52. The van der Waals surface area contributed by atoms with Crippen LogP contribution in [0.4, 0.5) is 0 Å². The highest BCUT2D eigenvalue weighted by atomic mass is 16.2. The van der Waals surface area contributed by atoms with Gasteiger partial charge in [0.2, 0.25) is 5.91 Å². The van der Waals surface area contributed by atoms with E-state index in [1.165, 1.54) is 0 Å². The van der Waals surface area contributed by atoms with Crippen LogP contribution < -0.4 is 0 Å². The first-order valence-corrected chi connectivity index (χ1v) is 6.06. The second kappa shape index (κ2) is 5.19. The van der Waals surface area contributed by atoms with Gasteiger partial charge in [-0.2, -0.15) is 5.26 Å². The summed E-state index contributed by atoms with van der Waals surface area (Å²) < 4.78 is 0. The van der Waals surface area contributed by atoms with Crippen molar-refractivity contribution < 1.29 is 4.79 Å². The molecule has 0 bridgehead atoms. The molecule has 1 aliphatic heterocycles. The van der Waals surface area contributed by atoms with E-state index in [1.54, 1.807) is 11.0 Å². The monoisotopic (exact) mass is 243 g/mol. The molecule has 94 valence electrons. The fourth-order valence-corrected chi connectivity index (χ4v) is 2.35. The Morgan fingerprint density at radius 1 is 1.56 bits per heavy atom. The summed E-state index contributed by atoms with van der Waals surface area (Å²) in [5, 5.41) is 8.86. The van der Waals surface area contributed by atoms with Gasteiger partial charge in [-0.25, -0.2) is 0 Å². The summed E-state index contributed by atoms with van der Waals surface area (Å²) in [5.74, 6) is 0.189. The number of rotatable bonds is 3. The van der Waals surface area contributed by atoms with E-state index in [9.17, 15) is 4.79 Å². The molecule has 0 aliphatic carbocycles. The Kier molecular flexibility index (Phi) is 3.63. The summed E-state index contributed by atoms with van der Waals surface area (Å²) in [6.45, 7) is 1.52. The van der Waals surface area contributed by atoms with Crippen LogP contribution in [0.5, 0.6) is 0 Å². The van der Waals surface area contributed by atoms with Crippen LogP contribution in [0.3, 0.4) is 0 Å². The zero-order valence-electron chi connectivity index (χ0n) is 10.8. The summed E-state index contributed by atoms with van der Waals surface area (Å²) in [6, 6.07) is 9.64. The van der Waals surface area contributed by atoms with Crippen molar-refractivity contribution in [1.82, 2.24) is 9.80 Å². The number of likely N-dealkylation sites (tertiary alicyclic amines) is 1. The lowest BCUT2D eigenvalue weighted by atomic mass is 10.1. The van der Waals surface area contributed by atoms with E-state index in [1.807, 2.05) is 32.3 Å². The van der Waals surface area contributed by atoms with Crippen LogP contribution in [-0.2, 0) is 11.3 Å². The second-order valence-electron chi connectivity index (χ2n) is 4.79. The molecule has 1 atom stereocenters. The quantitative estimate of drug-likeness (QED) is 0.802. The van der Waals surface area contributed by atoms with Gasteiger partial charge < -0.3 is 4.90 Å². The van der Waals surface area contributed by atoms with Crippen molar-refractivity contribution in [1.29, 1.82) is 5.26 Å². The van der Waals surface area contributed by atoms with E-state index >= 15 is 0 Å². The molecule has 18 heavy (non-hydrogen) atoms. The van der Waals surface area contributed by atoms with Crippen LogP contribution in [0.15, 0.2) is 24.3 Å². The van der Waals surface area contributed by atoms with Gasteiger partial charge in [0, 0.05) is 20.1 Å². The van der Waals surface area contributed by atoms with Gasteiger partial charge in [0.05, 0.1) is 17.7 Å². The van der Waals surface area contributed by atoms with Crippen molar-refractivity contribution in [2.75, 3.05) is 20.6 Å². The summed E-state index contributed by atoms with van der Waals surface area (Å²) in [4.78, 5) is 15.7. The Morgan fingerprint density at radius 2 is 2.33 bits per heavy atom. The minimum Gasteiger partial charge on any atom is -0.344 e. The Hall–Kier alpha value is -1.86. The van der Waals surface area contributed by atoms with E-state index in [0.29, 0.717) is 12.1 Å². The number of nitriles is 1. The fourth-order valence-electron chi connectivity index (χ4n) is 2.35. The average Bonchev–Trinajstić information content (AvgIpc) is 2.70. The van der Waals surface area contributed by atoms with Gasteiger partial charge in [-0.15, -0.1) is 0 Å². The van der Waals surface area contributed by atoms with E-state index < -0.39 is 0 Å². The van der Waals surface area contributed by atoms with Crippen molar-refractivity contribution in [3.05, 3.63) is 35.4 Å². The van der Waals surface area contributed by atoms with Gasteiger partial charge >= 0.3 is 0 Å². The Morgan fingerprint density at radius 3 is 2.94 bits per heavy atom. The van der Waals surface area contributed by atoms with Crippen LogP contribution in [0.2, 0.25) is 0 Å². The highest BCUT2D eigenvalue weighted by Crippen LogP contribution is 2.17. The molecule has 1 aromatic rings. The predicted molar refractivity (Wildman–Crippen MR) is 68.7 cm³/mol. The van der Waals surface area contributed by atoms with Crippen molar-refractivity contribution in [2.24, 2.45) is 0 Å². The van der Waals surface area contributed by atoms with Crippen molar-refractivity contribution >= 4 is 5.91 Å². The summed E-state index contributed by atoms with van der Waals surface area (Å²) in [5.41, 5.74) is 1.73. The molecule has 0 spiro atoms. The molecule has 1 aromatic carbocycles. The van der Waals surface area contributed by atoms with Gasteiger partial charge in [-0.3, -0.25) is 9.69 Å². The maximum atomic E-state index is 11.9. The Bertz CT molecular complexity index is 492. The molecular formula is C14H17N3O. The lowest BCUT2D eigenvalue weighted by molar-refractivity contribution is -0.130. The minimum atomic E-state index is -0.0271. The van der Waals surface area contributed by atoms with Gasteiger partial charge in [0.1, 0.15) is 0 Å².